The Morgan fingerprint density at radius 1 is 1.00 bits per heavy atom. The van der Waals surface area contributed by atoms with Crippen LogP contribution in [0.4, 0.5) is 0 Å². The zero-order valence-corrected chi connectivity index (χ0v) is 10.2. The molecule has 0 heterocycles. The summed E-state index contributed by atoms with van der Waals surface area (Å²) in [7, 11) is 2.50. The van der Waals surface area contributed by atoms with Gasteiger partial charge in [0.05, 0.1) is 0 Å². The average Bonchev–Trinajstić information content (AvgIpc) is 2.14. The van der Waals surface area contributed by atoms with Crippen molar-refractivity contribution in [3.63, 3.8) is 0 Å². The molecule has 0 atom stereocenters. The maximum absolute atomic E-state index is 7.00. The molecular weight excluding hydrogens is 150 g/mol. The highest BCUT2D eigenvalue weighted by Crippen LogP contribution is 2.16. The van der Waals surface area contributed by atoms with Gasteiger partial charge in [0.1, 0.15) is 0 Å². The van der Waals surface area contributed by atoms with Crippen LogP contribution >= 0.6 is 0 Å². The van der Waals surface area contributed by atoms with E-state index in [1.54, 1.807) is 0 Å². The van der Waals surface area contributed by atoms with Gasteiger partial charge in [-0.2, -0.15) is 0 Å². The van der Waals surface area contributed by atoms with E-state index in [1.807, 2.05) is 13.8 Å². The van der Waals surface area contributed by atoms with Crippen molar-refractivity contribution < 1.29 is 5.11 Å². The van der Waals surface area contributed by atoms with Gasteiger partial charge in [-0.25, -0.2) is 0 Å². The highest BCUT2D eigenvalue weighted by atomic mass is 16.2. The van der Waals surface area contributed by atoms with E-state index in [-0.39, 0.29) is 0 Å². The van der Waals surface area contributed by atoms with Crippen LogP contribution in [0.1, 0.15) is 48.0 Å². The highest BCUT2D eigenvalue weighted by Gasteiger charge is 2.03. The minimum absolute atomic E-state index is 0.542. The third kappa shape index (κ3) is 92.6. The molecule has 2 nitrogen and oxygen atoms in total. The first kappa shape index (κ1) is 22.7. The van der Waals surface area contributed by atoms with Crippen LogP contribution in [-0.2, 0) is 0 Å². The minimum atomic E-state index is 0.542. The second-order valence-corrected chi connectivity index (χ2v) is 2.91. The molecule has 0 saturated heterocycles. The molecule has 0 aromatic rings. The summed E-state index contributed by atoms with van der Waals surface area (Å²) < 4.78 is 0. The van der Waals surface area contributed by atoms with Crippen LogP contribution < -0.4 is 5.73 Å². The van der Waals surface area contributed by atoms with Gasteiger partial charge in [0, 0.05) is 7.11 Å². The number of hydrogen-bond donors (Lipinski definition) is 2. The van der Waals surface area contributed by atoms with Crippen molar-refractivity contribution >= 4 is 0 Å². The SMILES string of the molecule is CC.CCC(C)(C)C.CN.CO. The lowest BCUT2D eigenvalue weighted by atomic mass is 9.94. The lowest BCUT2D eigenvalue weighted by Gasteiger charge is -2.12. The molecule has 0 saturated carbocycles. The summed E-state index contributed by atoms with van der Waals surface area (Å²) >= 11 is 0. The molecule has 0 rings (SSSR count). The number of aliphatic hydroxyl groups is 1. The van der Waals surface area contributed by atoms with E-state index in [1.165, 1.54) is 13.5 Å². The fourth-order valence-electron chi connectivity index (χ4n) is 0. The van der Waals surface area contributed by atoms with Gasteiger partial charge in [-0.3, -0.25) is 0 Å². The second-order valence-electron chi connectivity index (χ2n) is 2.91. The minimum Gasteiger partial charge on any atom is -0.400 e. The summed E-state index contributed by atoms with van der Waals surface area (Å²) in [5, 5.41) is 7.00. The van der Waals surface area contributed by atoms with Gasteiger partial charge in [-0.15, -0.1) is 0 Å². The lowest BCUT2D eigenvalue weighted by molar-refractivity contribution is 0.398. The molecule has 2 heteroatoms. The molecule has 0 aromatic carbocycles. The largest absolute Gasteiger partial charge is 0.400 e. The van der Waals surface area contributed by atoms with Gasteiger partial charge >= 0.3 is 0 Å². The van der Waals surface area contributed by atoms with Gasteiger partial charge in [-0.05, 0) is 12.5 Å². The molecule has 0 amide bonds. The summed E-state index contributed by atoms with van der Waals surface area (Å²) in [6.07, 6.45) is 1.27. The molecule has 0 radical (unpaired) electrons. The lowest BCUT2D eigenvalue weighted by Crippen LogP contribution is -2.00. The van der Waals surface area contributed by atoms with Crippen LogP contribution in [0, 0.1) is 5.41 Å². The molecular formula is C10H29NO. The Bertz CT molecular complexity index is 39.6. The van der Waals surface area contributed by atoms with Gasteiger partial charge in [0.15, 0.2) is 0 Å². The molecule has 0 unspecified atom stereocenters. The monoisotopic (exact) mass is 179 g/mol. The summed E-state index contributed by atoms with van der Waals surface area (Å²) in [6.45, 7) is 12.9. The first-order valence-corrected chi connectivity index (χ1v) is 4.59. The number of rotatable bonds is 0. The van der Waals surface area contributed by atoms with E-state index in [4.69, 9.17) is 5.11 Å². The van der Waals surface area contributed by atoms with Crippen molar-refractivity contribution in [2.24, 2.45) is 11.1 Å². The Hall–Kier alpha value is -0.0800. The van der Waals surface area contributed by atoms with Crippen LogP contribution in [0.2, 0.25) is 0 Å². The number of hydrogen-bond acceptors (Lipinski definition) is 2. The standard InChI is InChI=1S/C6H14.C2H6.CH5N.CH4O/c1-5-6(2,3)4;3*1-2/h5H2,1-4H3;1-2H3;2H2,1H3;2H,1H3. The van der Waals surface area contributed by atoms with Crippen LogP contribution in [-0.4, -0.2) is 19.3 Å². The normalized spacial score (nSPS) is 7.50. The summed E-state index contributed by atoms with van der Waals surface area (Å²) in [6, 6.07) is 0. The molecule has 0 fully saturated rings. The van der Waals surface area contributed by atoms with Crippen molar-refractivity contribution in [1.82, 2.24) is 0 Å². The highest BCUT2D eigenvalue weighted by molar-refractivity contribution is 4.55. The van der Waals surface area contributed by atoms with Crippen LogP contribution in [0.15, 0.2) is 0 Å². The van der Waals surface area contributed by atoms with Crippen molar-refractivity contribution in [3.05, 3.63) is 0 Å². The summed E-state index contributed by atoms with van der Waals surface area (Å²) in [4.78, 5) is 0. The number of aliphatic hydroxyl groups excluding tert-OH is 1. The fraction of sp³-hybridized carbons (Fsp3) is 1.00. The number of nitrogens with two attached hydrogens (primary N) is 1. The predicted molar refractivity (Wildman–Crippen MR) is 59.3 cm³/mol. The smallest absolute Gasteiger partial charge is 0.0319 e. The van der Waals surface area contributed by atoms with E-state index in [0.717, 1.165) is 7.11 Å². The van der Waals surface area contributed by atoms with Gasteiger partial charge in [0.25, 0.3) is 0 Å². The molecule has 0 bridgehead atoms. The van der Waals surface area contributed by atoms with E-state index >= 15 is 0 Å². The van der Waals surface area contributed by atoms with Gasteiger partial charge in [-0.1, -0.05) is 48.0 Å². The van der Waals surface area contributed by atoms with E-state index < -0.39 is 0 Å². The molecule has 0 aliphatic carbocycles. The molecule has 0 aliphatic heterocycles. The Morgan fingerprint density at radius 2 is 1.08 bits per heavy atom. The Kier molecular flexibility index (Phi) is 42.4. The van der Waals surface area contributed by atoms with E-state index in [9.17, 15) is 0 Å². The predicted octanol–water partition coefficient (Wildman–Crippen LogP) is 2.65. The van der Waals surface area contributed by atoms with Crippen LogP contribution in [0.5, 0.6) is 0 Å². The van der Waals surface area contributed by atoms with Crippen molar-refractivity contribution in [2.75, 3.05) is 14.2 Å². The molecule has 0 spiro atoms. The quantitative estimate of drug-likeness (QED) is 0.600. The summed E-state index contributed by atoms with van der Waals surface area (Å²) in [5.41, 5.74) is 5.04. The Morgan fingerprint density at radius 3 is 1.08 bits per heavy atom. The first-order valence-electron chi connectivity index (χ1n) is 4.59. The molecule has 0 aromatic heterocycles. The van der Waals surface area contributed by atoms with Crippen LogP contribution in [0.25, 0.3) is 0 Å². The second kappa shape index (κ2) is 22.4. The zero-order valence-electron chi connectivity index (χ0n) is 10.2. The van der Waals surface area contributed by atoms with Crippen molar-refractivity contribution in [2.45, 2.75) is 48.0 Å². The van der Waals surface area contributed by atoms with E-state index in [0.29, 0.717) is 5.41 Å². The summed E-state index contributed by atoms with van der Waals surface area (Å²) in [5.74, 6) is 0. The third-order valence-electron chi connectivity index (χ3n) is 1.06. The van der Waals surface area contributed by atoms with Gasteiger partial charge < -0.3 is 10.8 Å². The van der Waals surface area contributed by atoms with Crippen LogP contribution in [0.3, 0.4) is 0 Å². The fourth-order valence-corrected chi connectivity index (χ4v) is 0. The zero-order chi connectivity index (χ0) is 11.2. The Balaban J connectivity index is -0.0000000453. The van der Waals surface area contributed by atoms with E-state index in [2.05, 4.69) is 33.4 Å². The molecule has 3 N–H and O–H groups in total. The molecule has 0 aliphatic rings. The Labute approximate surface area is 79.2 Å². The molecule has 12 heavy (non-hydrogen) atoms. The maximum Gasteiger partial charge on any atom is 0.0319 e. The molecule has 80 valence electrons. The third-order valence-corrected chi connectivity index (χ3v) is 1.06. The first-order chi connectivity index (χ1) is 5.56. The maximum atomic E-state index is 7.00. The topological polar surface area (TPSA) is 46.2 Å². The van der Waals surface area contributed by atoms with Crippen molar-refractivity contribution in [3.8, 4) is 0 Å². The average molecular weight is 179 g/mol. The van der Waals surface area contributed by atoms with Gasteiger partial charge in [0.2, 0.25) is 0 Å². The van der Waals surface area contributed by atoms with Crippen molar-refractivity contribution in [1.29, 1.82) is 0 Å².